The number of amides is 1. The number of rotatable bonds is 6. The number of hydrogen-bond acceptors (Lipinski definition) is 5. The topological polar surface area (TPSA) is 104 Å². The molecule has 0 radical (unpaired) electrons. The Balaban J connectivity index is 0.00000300. The Bertz CT molecular complexity index is 915. The van der Waals surface area contributed by atoms with Gasteiger partial charge in [-0.2, -0.15) is 10.2 Å². The highest BCUT2D eigenvalue weighted by Gasteiger charge is 2.23. The first-order valence-electron chi connectivity index (χ1n) is 10.1. The zero-order chi connectivity index (χ0) is 20.4. The monoisotopic (exact) mass is 425 g/mol. The number of nitrogens with zero attached hydrogens (tertiary/aromatic N) is 6. The largest absolute Gasteiger partial charge is 0.346 e. The molecule has 1 atom stereocenters. The molecule has 0 fully saturated rings. The van der Waals surface area contributed by atoms with Crippen molar-refractivity contribution < 1.29 is 4.79 Å². The molecule has 0 saturated heterocycles. The SMILES string of the molecule is CCN(Cc1c(C)nn(CC)c1C)C(=O)Cn1nc2n(c1=O)CCC(N)CC2.Cl. The maximum Gasteiger partial charge on any atom is 0.346 e. The molecule has 29 heavy (non-hydrogen) atoms. The molecule has 0 bridgehead atoms. The van der Waals surface area contributed by atoms with Crippen LogP contribution < -0.4 is 11.4 Å². The fourth-order valence-corrected chi connectivity index (χ4v) is 3.82. The van der Waals surface area contributed by atoms with Crippen molar-refractivity contribution >= 4 is 18.3 Å². The number of hydrogen-bond donors (Lipinski definition) is 1. The molecule has 3 rings (SSSR count). The minimum atomic E-state index is -0.223. The Morgan fingerprint density at radius 3 is 2.55 bits per heavy atom. The molecule has 0 saturated carbocycles. The predicted octanol–water partition coefficient (Wildman–Crippen LogP) is 1.01. The van der Waals surface area contributed by atoms with Gasteiger partial charge in [-0.25, -0.2) is 9.48 Å². The minimum absolute atomic E-state index is 0. The van der Waals surface area contributed by atoms with Crippen molar-refractivity contribution in [3.05, 3.63) is 33.3 Å². The maximum atomic E-state index is 12.9. The molecule has 0 aliphatic carbocycles. The summed E-state index contributed by atoms with van der Waals surface area (Å²) in [5.41, 5.74) is 8.85. The average Bonchev–Trinajstić information content (AvgIpc) is 3.03. The van der Waals surface area contributed by atoms with E-state index >= 15 is 0 Å². The van der Waals surface area contributed by atoms with Crippen molar-refractivity contribution in [2.24, 2.45) is 5.73 Å². The molecule has 2 aromatic heterocycles. The first kappa shape index (κ1) is 23.2. The summed E-state index contributed by atoms with van der Waals surface area (Å²) in [6.45, 7) is 10.4. The summed E-state index contributed by atoms with van der Waals surface area (Å²) in [7, 11) is 0. The first-order chi connectivity index (χ1) is 13.3. The van der Waals surface area contributed by atoms with Gasteiger partial charge in [-0.1, -0.05) is 0 Å². The van der Waals surface area contributed by atoms with Crippen LogP contribution in [0.2, 0.25) is 0 Å². The van der Waals surface area contributed by atoms with E-state index in [4.69, 9.17) is 5.73 Å². The molecular formula is C19H32ClN7O2. The van der Waals surface area contributed by atoms with E-state index < -0.39 is 0 Å². The summed E-state index contributed by atoms with van der Waals surface area (Å²) in [6, 6.07) is 0.0993. The highest BCUT2D eigenvalue weighted by atomic mass is 35.5. The van der Waals surface area contributed by atoms with Crippen LogP contribution >= 0.6 is 12.4 Å². The fourth-order valence-electron chi connectivity index (χ4n) is 3.82. The maximum absolute atomic E-state index is 12.9. The molecular weight excluding hydrogens is 394 g/mol. The van der Waals surface area contributed by atoms with Gasteiger partial charge in [-0.15, -0.1) is 12.4 Å². The van der Waals surface area contributed by atoms with Crippen molar-refractivity contribution in [1.29, 1.82) is 0 Å². The number of nitrogens with two attached hydrogens (primary N) is 1. The lowest BCUT2D eigenvalue weighted by Gasteiger charge is -2.21. The lowest BCUT2D eigenvalue weighted by Crippen LogP contribution is -2.37. The molecule has 3 heterocycles. The highest BCUT2D eigenvalue weighted by molar-refractivity contribution is 5.85. The van der Waals surface area contributed by atoms with Crippen LogP contribution in [-0.4, -0.2) is 47.5 Å². The highest BCUT2D eigenvalue weighted by Crippen LogP contribution is 2.16. The van der Waals surface area contributed by atoms with Crippen LogP contribution in [0.15, 0.2) is 4.79 Å². The number of fused-ring (bicyclic) bond motifs is 1. The van der Waals surface area contributed by atoms with Gasteiger partial charge >= 0.3 is 5.69 Å². The van der Waals surface area contributed by atoms with Crippen molar-refractivity contribution in [2.45, 2.75) is 79.2 Å². The third-order valence-corrected chi connectivity index (χ3v) is 5.66. The van der Waals surface area contributed by atoms with Gasteiger partial charge in [0, 0.05) is 49.9 Å². The van der Waals surface area contributed by atoms with Crippen molar-refractivity contribution in [2.75, 3.05) is 6.54 Å². The molecule has 162 valence electrons. The second kappa shape index (κ2) is 9.58. The smallest absolute Gasteiger partial charge is 0.337 e. The molecule has 0 aromatic carbocycles. The van der Waals surface area contributed by atoms with Crippen molar-refractivity contribution in [3.63, 3.8) is 0 Å². The van der Waals surface area contributed by atoms with E-state index in [2.05, 4.69) is 10.2 Å². The quantitative estimate of drug-likeness (QED) is 0.743. The predicted molar refractivity (Wildman–Crippen MR) is 113 cm³/mol. The van der Waals surface area contributed by atoms with Gasteiger partial charge in [0.05, 0.1) is 5.69 Å². The molecule has 10 heteroatoms. The van der Waals surface area contributed by atoms with Crippen molar-refractivity contribution in [3.8, 4) is 0 Å². The Labute approximate surface area is 177 Å². The summed E-state index contributed by atoms with van der Waals surface area (Å²) in [5.74, 6) is 0.613. The van der Waals surface area contributed by atoms with Gasteiger partial charge < -0.3 is 10.6 Å². The second-order valence-electron chi connectivity index (χ2n) is 7.47. The lowest BCUT2D eigenvalue weighted by molar-refractivity contribution is -0.132. The molecule has 2 N–H and O–H groups in total. The number of carbonyl (C=O) groups excluding carboxylic acids is 1. The number of likely N-dealkylation sites (N-methyl/N-ethyl adjacent to an activating group) is 1. The molecule has 9 nitrogen and oxygen atoms in total. The van der Waals surface area contributed by atoms with Crippen LogP contribution in [0.4, 0.5) is 0 Å². The number of carbonyl (C=O) groups is 1. The lowest BCUT2D eigenvalue weighted by atomic mass is 10.1. The zero-order valence-electron chi connectivity index (χ0n) is 17.7. The van der Waals surface area contributed by atoms with E-state index in [1.54, 1.807) is 9.47 Å². The molecule has 1 unspecified atom stereocenters. The molecule has 1 aliphatic rings. The fraction of sp³-hybridized carbons (Fsp3) is 0.684. The van der Waals surface area contributed by atoms with Gasteiger partial charge in [0.1, 0.15) is 12.4 Å². The summed E-state index contributed by atoms with van der Waals surface area (Å²) < 4.78 is 4.91. The van der Waals surface area contributed by atoms with E-state index in [1.807, 2.05) is 32.4 Å². The van der Waals surface area contributed by atoms with E-state index in [1.165, 1.54) is 4.68 Å². The Morgan fingerprint density at radius 2 is 1.93 bits per heavy atom. The van der Waals surface area contributed by atoms with E-state index in [9.17, 15) is 9.59 Å². The summed E-state index contributed by atoms with van der Waals surface area (Å²) in [4.78, 5) is 27.3. The van der Waals surface area contributed by atoms with Crippen LogP contribution in [0.1, 0.15) is 49.5 Å². The summed E-state index contributed by atoms with van der Waals surface area (Å²) >= 11 is 0. The zero-order valence-corrected chi connectivity index (χ0v) is 18.5. The summed E-state index contributed by atoms with van der Waals surface area (Å²) in [5, 5.41) is 8.94. The summed E-state index contributed by atoms with van der Waals surface area (Å²) in [6.07, 6.45) is 2.24. The Hall–Kier alpha value is -2.13. The van der Waals surface area contributed by atoms with E-state index in [0.717, 1.165) is 42.2 Å². The van der Waals surface area contributed by atoms with Crippen LogP contribution in [-0.2, 0) is 37.4 Å². The number of aryl methyl sites for hydroxylation is 3. The van der Waals surface area contributed by atoms with Crippen LogP contribution in [0.25, 0.3) is 0 Å². The molecule has 1 amide bonds. The number of halogens is 1. The van der Waals surface area contributed by atoms with Gasteiger partial charge in [-0.05, 0) is 40.5 Å². The third kappa shape index (κ3) is 4.72. The van der Waals surface area contributed by atoms with Gasteiger partial charge in [0.15, 0.2) is 0 Å². The van der Waals surface area contributed by atoms with E-state index in [-0.39, 0.29) is 36.6 Å². The van der Waals surface area contributed by atoms with Gasteiger partial charge in [0.25, 0.3) is 0 Å². The average molecular weight is 426 g/mol. The Morgan fingerprint density at radius 1 is 1.21 bits per heavy atom. The van der Waals surface area contributed by atoms with Crippen LogP contribution in [0.5, 0.6) is 0 Å². The van der Waals surface area contributed by atoms with Crippen LogP contribution in [0, 0.1) is 13.8 Å². The first-order valence-corrected chi connectivity index (χ1v) is 10.1. The normalized spacial score (nSPS) is 16.1. The Kier molecular flexibility index (Phi) is 7.65. The third-order valence-electron chi connectivity index (χ3n) is 5.66. The number of aromatic nitrogens is 5. The van der Waals surface area contributed by atoms with Gasteiger partial charge in [0.2, 0.25) is 5.91 Å². The van der Waals surface area contributed by atoms with Gasteiger partial charge in [-0.3, -0.25) is 14.0 Å². The minimum Gasteiger partial charge on any atom is -0.337 e. The molecule has 2 aromatic rings. The van der Waals surface area contributed by atoms with Crippen LogP contribution in [0.3, 0.4) is 0 Å². The van der Waals surface area contributed by atoms with E-state index in [0.29, 0.717) is 26.1 Å². The standard InChI is InChI=1S/C19H31N7O2.ClH/c1-5-23(11-16-13(3)21-25(6-2)14(16)4)18(27)12-26-19(28)24-10-9-15(20)7-8-17(24)22-26;/h15H,5-12,20H2,1-4H3;1H. The second-order valence-corrected chi connectivity index (χ2v) is 7.47. The van der Waals surface area contributed by atoms with Crippen molar-refractivity contribution in [1.82, 2.24) is 29.0 Å². The molecule has 1 aliphatic heterocycles. The molecule has 0 spiro atoms.